The van der Waals surface area contributed by atoms with Crippen molar-refractivity contribution in [1.82, 2.24) is 4.90 Å². The number of halogens is 1. The second-order valence-electron chi connectivity index (χ2n) is 4.87. The fraction of sp³-hybridized carbons (Fsp3) is 0.538. The van der Waals surface area contributed by atoms with Crippen molar-refractivity contribution in [2.75, 3.05) is 18.1 Å². The molecule has 1 aliphatic heterocycles. The fourth-order valence-corrected chi connectivity index (χ4v) is 4.50. The van der Waals surface area contributed by atoms with Gasteiger partial charge in [0.25, 0.3) is 0 Å². The van der Waals surface area contributed by atoms with Crippen LogP contribution in [0.25, 0.3) is 0 Å². The van der Waals surface area contributed by atoms with E-state index in [0.717, 1.165) is 5.56 Å². The van der Waals surface area contributed by atoms with Crippen LogP contribution in [0.1, 0.15) is 12.5 Å². The van der Waals surface area contributed by atoms with E-state index in [1.54, 1.807) is 0 Å². The van der Waals surface area contributed by atoms with Gasteiger partial charge in [-0.2, -0.15) is 0 Å². The molecule has 0 aromatic heterocycles. The van der Waals surface area contributed by atoms with E-state index in [1.165, 1.54) is 0 Å². The smallest absolute Gasteiger partial charge is 0.154 e. The first kappa shape index (κ1) is 14.8. The van der Waals surface area contributed by atoms with Gasteiger partial charge in [-0.3, -0.25) is 4.90 Å². The summed E-state index contributed by atoms with van der Waals surface area (Å²) < 4.78 is 23.2. The Balaban J connectivity index is 2.16. The van der Waals surface area contributed by atoms with Gasteiger partial charge in [0.15, 0.2) is 9.84 Å². The van der Waals surface area contributed by atoms with E-state index in [0.29, 0.717) is 18.1 Å². The molecule has 1 heterocycles. The predicted molar refractivity (Wildman–Crippen MR) is 76.0 cm³/mol. The van der Waals surface area contributed by atoms with Crippen LogP contribution in [0.5, 0.6) is 0 Å². The van der Waals surface area contributed by atoms with Crippen molar-refractivity contribution in [3.8, 4) is 0 Å². The van der Waals surface area contributed by atoms with Crippen molar-refractivity contribution in [2.24, 2.45) is 0 Å². The number of aliphatic hydroxyl groups excluding tert-OH is 1. The van der Waals surface area contributed by atoms with Crippen molar-refractivity contribution in [3.63, 3.8) is 0 Å². The minimum atomic E-state index is -3.13. The average Bonchev–Trinajstić information content (AvgIpc) is 2.62. The zero-order valence-electron chi connectivity index (χ0n) is 10.8. The van der Waals surface area contributed by atoms with Gasteiger partial charge < -0.3 is 5.11 Å². The number of benzene rings is 1. The monoisotopic (exact) mass is 303 g/mol. The molecule has 0 aliphatic carbocycles. The molecule has 2 rings (SSSR count). The van der Waals surface area contributed by atoms with E-state index in [2.05, 4.69) is 0 Å². The third-order valence-electron chi connectivity index (χ3n) is 3.50. The Bertz CT molecular complexity index is 547. The van der Waals surface area contributed by atoms with E-state index >= 15 is 0 Å². The predicted octanol–water partition coefficient (Wildman–Crippen LogP) is 1.32. The van der Waals surface area contributed by atoms with Crippen LogP contribution in [0.4, 0.5) is 0 Å². The summed E-state index contributed by atoms with van der Waals surface area (Å²) in [4.78, 5) is 1.97. The molecular formula is C13H18ClNO3S. The summed E-state index contributed by atoms with van der Waals surface area (Å²) in [5, 5.41) is 10.6. The molecule has 4 nitrogen and oxygen atoms in total. The van der Waals surface area contributed by atoms with Crippen LogP contribution in [-0.2, 0) is 16.4 Å². The molecule has 0 unspecified atom stereocenters. The third-order valence-corrected chi connectivity index (χ3v) is 5.57. The van der Waals surface area contributed by atoms with Crippen LogP contribution in [0.3, 0.4) is 0 Å². The van der Waals surface area contributed by atoms with Gasteiger partial charge in [0.05, 0.1) is 23.7 Å². The largest absolute Gasteiger partial charge is 0.390 e. The number of hydrogen-bond acceptors (Lipinski definition) is 4. The first-order chi connectivity index (χ1) is 8.93. The highest BCUT2D eigenvalue weighted by atomic mass is 35.5. The SMILES string of the molecule is CCN(Cc1ccccc1Cl)[C@@H]1CS(=O)(=O)C[C@H]1O. The summed E-state index contributed by atoms with van der Waals surface area (Å²) in [5.74, 6) is -0.122. The van der Waals surface area contributed by atoms with Crippen molar-refractivity contribution >= 4 is 21.4 Å². The Labute approximate surface area is 118 Å². The maximum Gasteiger partial charge on any atom is 0.154 e. The molecule has 1 fully saturated rings. The Hall–Kier alpha value is -0.620. The van der Waals surface area contributed by atoms with Crippen LogP contribution in [0.15, 0.2) is 24.3 Å². The molecule has 1 aromatic rings. The minimum Gasteiger partial charge on any atom is -0.390 e. The summed E-state index contributed by atoms with van der Waals surface area (Å²) in [6.07, 6.45) is -0.813. The number of sulfone groups is 1. The van der Waals surface area contributed by atoms with Gasteiger partial charge in [-0.05, 0) is 18.2 Å². The Morgan fingerprint density at radius 2 is 2.05 bits per heavy atom. The summed E-state index contributed by atoms with van der Waals surface area (Å²) >= 11 is 6.12. The van der Waals surface area contributed by atoms with Crippen LogP contribution in [0, 0.1) is 0 Å². The van der Waals surface area contributed by atoms with Crippen LogP contribution in [0.2, 0.25) is 5.02 Å². The van der Waals surface area contributed by atoms with Crippen LogP contribution >= 0.6 is 11.6 Å². The zero-order valence-corrected chi connectivity index (χ0v) is 12.4. The molecule has 0 radical (unpaired) electrons. The van der Waals surface area contributed by atoms with E-state index in [4.69, 9.17) is 11.6 Å². The number of aliphatic hydroxyl groups is 1. The second-order valence-corrected chi connectivity index (χ2v) is 7.43. The van der Waals surface area contributed by atoms with Crippen molar-refractivity contribution in [2.45, 2.75) is 25.6 Å². The maximum absolute atomic E-state index is 11.6. The maximum atomic E-state index is 11.6. The van der Waals surface area contributed by atoms with Gasteiger partial charge in [-0.15, -0.1) is 0 Å². The van der Waals surface area contributed by atoms with Gasteiger partial charge >= 0.3 is 0 Å². The van der Waals surface area contributed by atoms with E-state index in [-0.39, 0.29) is 17.5 Å². The average molecular weight is 304 g/mol. The summed E-state index contributed by atoms with van der Waals surface area (Å²) in [7, 11) is -3.13. The molecule has 2 atom stereocenters. The van der Waals surface area contributed by atoms with Crippen molar-refractivity contribution in [1.29, 1.82) is 0 Å². The van der Waals surface area contributed by atoms with E-state index in [1.807, 2.05) is 36.1 Å². The molecular weight excluding hydrogens is 286 g/mol. The van der Waals surface area contributed by atoms with E-state index < -0.39 is 15.9 Å². The van der Waals surface area contributed by atoms with Crippen LogP contribution in [-0.4, -0.2) is 48.6 Å². The Kier molecular flexibility index (Phi) is 4.50. The number of likely N-dealkylation sites (N-methyl/N-ethyl adjacent to an activating group) is 1. The molecule has 0 saturated carbocycles. The Morgan fingerprint density at radius 3 is 2.58 bits per heavy atom. The molecule has 106 valence electrons. The van der Waals surface area contributed by atoms with Crippen LogP contribution < -0.4 is 0 Å². The summed E-state index contributed by atoms with van der Waals surface area (Å²) in [5.41, 5.74) is 0.947. The molecule has 1 aromatic carbocycles. The molecule has 1 saturated heterocycles. The first-order valence-electron chi connectivity index (χ1n) is 6.29. The standard InChI is InChI=1S/C13H18ClNO3S/c1-2-15(7-10-5-3-4-6-11(10)14)12-8-19(17,18)9-13(12)16/h3-6,12-13,16H,2,7-9H2,1H3/t12-,13-/m1/s1. The molecule has 6 heteroatoms. The lowest BCUT2D eigenvalue weighted by atomic mass is 10.1. The normalized spacial score (nSPS) is 25.9. The minimum absolute atomic E-state index is 0.0203. The highest BCUT2D eigenvalue weighted by Gasteiger charge is 2.39. The van der Waals surface area contributed by atoms with Gasteiger partial charge in [-0.1, -0.05) is 36.7 Å². The number of rotatable bonds is 4. The second kappa shape index (κ2) is 5.79. The zero-order chi connectivity index (χ0) is 14.0. The molecule has 1 aliphatic rings. The topological polar surface area (TPSA) is 57.6 Å². The summed E-state index contributed by atoms with van der Waals surface area (Å²) in [6.45, 7) is 3.17. The van der Waals surface area contributed by atoms with Gasteiger partial charge in [0.1, 0.15) is 0 Å². The quantitative estimate of drug-likeness (QED) is 0.911. The van der Waals surface area contributed by atoms with Gasteiger partial charge in [0, 0.05) is 11.6 Å². The lowest BCUT2D eigenvalue weighted by Crippen LogP contribution is -2.42. The van der Waals surface area contributed by atoms with E-state index in [9.17, 15) is 13.5 Å². The molecule has 19 heavy (non-hydrogen) atoms. The highest BCUT2D eigenvalue weighted by molar-refractivity contribution is 7.91. The Morgan fingerprint density at radius 1 is 1.37 bits per heavy atom. The molecule has 0 bridgehead atoms. The number of nitrogens with zero attached hydrogens (tertiary/aromatic N) is 1. The van der Waals surface area contributed by atoms with Crippen molar-refractivity contribution < 1.29 is 13.5 Å². The fourth-order valence-electron chi connectivity index (χ4n) is 2.47. The van der Waals surface area contributed by atoms with Crippen molar-refractivity contribution in [3.05, 3.63) is 34.9 Å². The highest BCUT2D eigenvalue weighted by Crippen LogP contribution is 2.23. The lowest BCUT2D eigenvalue weighted by molar-refractivity contribution is 0.0819. The molecule has 1 N–H and O–H groups in total. The summed E-state index contributed by atoms with van der Waals surface area (Å²) in [6, 6.07) is 7.15. The van der Waals surface area contributed by atoms with Gasteiger partial charge in [0.2, 0.25) is 0 Å². The third kappa shape index (κ3) is 3.48. The molecule has 0 amide bonds. The first-order valence-corrected chi connectivity index (χ1v) is 8.49. The molecule has 0 spiro atoms. The van der Waals surface area contributed by atoms with Gasteiger partial charge in [-0.25, -0.2) is 8.42 Å². The number of hydrogen-bond donors (Lipinski definition) is 1. The lowest BCUT2D eigenvalue weighted by Gasteiger charge is -2.29.